The van der Waals surface area contributed by atoms with Crippen molar-refractivity contribution < 1.29 is 5.11 Å². The van der Waals surface area contributed by atoms with Gasteiger partial charge < -0.3 is 10.8 Å². The molecule has 3 N–H and O–H groups in total. The molecule has 4 aromatic carbocycles. The van der Waals surface area contributed by atoms with Crippen LogP contribution >= 0.6 is 0 Å². The minimum absolute atomic E-state index is 0.0698. The highest BCUT2D eigenvalue weighted by Crippen LogP contribution is 2.22. The standard InChI is InChI=1S/C32H36N2O/c33-30(21-26-13-5-1-6-14-26)23-32(35)31(22-27-15-7-2-8-16-27)34(24-28-17-9-3-10-18-28)25-29-19-11-4-12-20-29/h1-20,30-32,35H,21-25,33H2/t30-,31-,32-/m1/s1. The van der Waals surface area contributed by atoms with Gasteiger partial charge in [-0.2, -0.15) is 0 Å². The van der Waals surface area contributed by atoms with E-state index in [2.05, 4.69) is 89.8 Å². The van der Waals surface area contributed by atoms with E-state index in [1.807, 2.05) is 36.4 Å². The van der Waals surface area contributed by atoms with Crippen molar-refractivity contribution in [1.29, 1.82) is 0 Å². The van der Waals surface area contributed by atoms with Gasteiger partial charge in [-0.1, -0.05) is 121 Å². The first kappa shape index (κ1) is 24.9. The number of rotatable bonds is 12. The Labute approximate surface area is 209 Å². The summed E-state index contributed by atoms with van der Waals surface area (Å²) in [5.41, 5.74) is 11.5. The van der Waals surface area contributed by atoms with Gasteiger partial charge in [0.25, 0.3) is 0 Å². The Morgan fingerprint density at radius 2 is 0.914 bits per heavy atom. The van der Waals surface area contributed by atoms with Crippen LogP contribution in [0.15, 0.2) is 121 Å². The lowest BCUT2D eigenvalue weighted by molar-refractivity contribution is 0.0301. The summed E-state index contributed by atoms with van der Waals surface area (Å²) in [6.07, 6.45) is 1.51. The SMILES string of the molecule is N[C@H](Cc1ccccc1)C[C@@H](O)[C@@H](Cc1ccccc1)N(Cc1ccccc1)Cc1ccccc1. The van der Waals surface area contributed by atoms with Crippen LogP contribution in [0.5, 0.6) is 0 Å². The molecule has 0 unspecified atom stereocenters. The second-order valence-corrected chi connectivity index (χ2v) is 9.39. The van der Waals surface area contributed by atoms with Crippen LogP contribution in [0, 0.1) is 0 Å². The second-order valence-electron chi connectivity index (χ2n) is 9.39. The molecule has 0 heterocycles. The maximum absolute atomic E-state index is 11.6. The van der Waals surface area contributed by atoms with Gasteiger partial charge in [-0.25, -0.2) is 0 Å². The van der Waals surface area contributed by atoms with Crippen LogP contribution in [0.25, 0.3) is 0 Å². The molecule has 3 nitrogen and oxygen atoms in total. The summed E-state index contributed by atoms with van der Waals surface area (Å²) in [5.74, 6) is 0. The maximum Gasteiger partial charge on any atom is 0.0713 e. The maximum atomic E-state index is 11.6. The number of benzene rings is 4. The molecule has 0 aliphatic heterocycles. The summed E-state index contributed by atoms with van der Waals surface area (Å²) in [6, 6.07) is 41.6. The van der Waals surface area contributed by atoms with Gasteiger partial charge in [-0.3, -0.25) is 4.90 Å². The van der Waals surface area contributed by atoms with Gasteiger partial charge in [0.1, 0.15) is 0 Å². The summed E-state index contributed by atoms with van der Waals surface area (Å²) in [4.78, 5) is 2.41. The van der Waals surface area contributed by atoms with Gasteiger partial charge >= 0.3 is 0 Å². The molecule has 0 fully saturated rings. The highest BCUT2D eigenvalue weighted by molar-refractivity contribution is 5.20. The van der Waals surface area contributed by atoms with Gasteiger partial charge in [0, 0.05) is 25.2 Å². The first-order valence-electron chi connectivity index (χ1n) is 12.5. The third kappa shape index (κ3) is 7.90. The average molecular weight is 465 g/mol. The quantitative estimate of drug-likeness (QED) is 0.286. The van der Waals surface area contributed by atoms with E-state index >= 15 is 0 Å². The number of aliphatic hydroxyl groups excluding tert-OH is 1. The lowest BCUT2D eigenvalue weighted by atomic mass is 9.92. The van der Waals surface area contributed by atoms with Crippen LogP contribution in [0.1, 0.15) is 28.7 Å². The molecular weight excluding hydrogens is 428 g/mol. The van der Waals surface area contributed by atoms with Crippen LogP contribution < -0.4 is 5.73 Å². The smallest absolute Gasteiger partial charge is 0.0713 e. The molecule has 3 atom stereocenters. The number of nitrogens with two attached hydrogens (primary N) is 1. The van der Waals surface area contributed by atoms with E-state index in [0.717, 1.165) is 25.9 Å². The zero-order valence-electron chi connectivity index (χ0n) is 20.3. The van der Waals surface area contributed by atoms with E-state index in [9.17, 15) is 5.11 Å². The molecular formula is C32H36N2O. The Bertz CT molecular complexity index is 1060. The van der Waals surface area contributed by atoms with E-state index < -0.39 is 6.10 Å². The molecule has 0 bridgehead atoms. The van der Waals surface area contributed by atoms with Crippen LogP contribution in [-0.2, 0) is 25.9 Å². The largest absolute Gasteiger partial charge is 0.391 e. The molecule has 4 aromatic rings. The van der Waals surface area contributed by atoms with Crippen LogP contribution in [0.3, 0.4) is 0 Å². The Morgan fingerprint density at radius 3 is 1.34 bits per heavy atom. The highest BCUT2D eigenvalue weighted by atomic mass is 16.3. The summed E-state index contributed by atoms with van der Waals surface area (Å²) >= 11 is 0. The molecule has 0 aliphatic carbocycles. The predicted molar refractivity (Wildman–Crippen MR) is 145 cm³/mol. The third-order valence-corrected chi connectivity index (χ3v) is 6.54. The topological polar surface area (TPSA) is 49.5 Å². The molecule has 0 radical (unpaired) electrons. The third-order valence-electron chi connectivity index (χ3n) is 6.54. The second kappa shape index (κ2) is 13.0. The molecule has 0 saturated heterocycles. The van der Waals surface area contributed by atoms with Crippen LogP contribution in [0.2, 0.25) is 0 Å². The van der Waals surface area contributed by atoms with E-state index in [-0.39, 0.29) is 12.1 Å². The Kier molecular flexibility index (Phi) is 9.24. The summed E-state index contributed by atoms with van der Waals surface area (Å²) in [7, 11) is 0. The highest BCUT2D eigenvalue weighted by Gasteiger charge is 2.28. The minimum atomic E-state index is -0.554. The minimum Gasteiger partial charge on any atom is -0.391 e. The van der Waals surface area contributed by atoms with E-state index in [1.54, 1.807) is 0 Å². The Morgan fingerprint density at radius 1 is 0.543 bits per heavy atom. The number of hydrogen-bond acceptors (Lipinski definition) is 3. The molecule has 180 valence electrons. The van der Waals surface area contributed by atoms with Gasteiger partial charge in [0.15, 0.2) is 0 Å². The zero-order chi connectivity index (χ0) is 24.3. The number of hydrogen-bond donors (Lipinski definition) is 2. The molecule has 35 heavy (non-hydrogen) atoms. The average Bonchev–Trinajstić information content (AvgIpc) is 2.89. The fourth-order valence-electron chi connectivity index (χ4n) is 4.76. The fraction of sp³-hybridized carbons (Fsp3) is 0.250. The van der Waals surface area contributed by atoms with Crippen LogP contribution in [-0.4, -0.2) is 28.2 Å². The number of nitrogens with zero attached hydrogens (tertiary/aromatic N) is 1. The predicted octanol–water partition coefficient (Wildman–Crippen LogP) is 5.62. The molecule has 0 aliphatic rings. The summed E-state index contributed by atoms with van der Waals surface area (Å²) < 4.78 is 0. The van der Waals surface area contributed by atoms with Crippen molar-refractivity contribution in [3.05, 3.63) is 144 Å². The van der Waals surface area contributed by atoms with E-state index in [0.29, 0.717) is 6.42 Å². The molecule has 0 aromatic heterocycles. The van der Waals surface area contributed by atoms with Crippen molar-refractivity contribution in [2.24, 2.45) is 5.73 Å². The van der Waals surface area contributed by atoms with Crippen molar-refractivity contribution in [1.82, 2.24) is 4.90 Å². The van der Waals surface area contributed by atoms with E-state index in [4.69, 9.17) is 5.73 Å². The first-order valence-corrected chi connectivity index (χ1v) is 12.5. The summed E-state index contributed by atoms with van der Waals surface area (Å²) in [5, 5.41) is 11.6. The van der Waals surface area contributed by atoms with Gasteiger partial charge in [0.05, 0.1) is 6.10 Å². The van der Waals surface area contributed by atoms with Crippen molar-refractivity contribution in [2.45, 2.75) is 50.5 Å². The van der Waals surface area contributed by atoms with Gasteiger partial charge in [-0.05, 0) is 41.5 Å². The van der Waals surface area contributed by atoms with E-state index in [1.165, 1.54) is 22.3 Å². The first-order chi connectivity index (χ1) is 17.2. The van der Waals surface area contributed by atoms with Gasteiger partial charge in [0.2, 0.25) is 0 Å². The molecule has 3 heteroatoms. The molecule has 4 rings (SSSR count). The Hall–Kier alpha value is -3.24. The summed E-state index contributed by atoms with van der Waals surface area (Å²) in [6.45, 7) is 1.52. The number of aliphatic hydroxyl groups is 1. The van der Waals surface area contributed by atoms with Crippen molar-refractivity contribution in [3.8, 4) is 0 Å². The van der Waals surface area contributed by atoms with Crippen molar-refractivity contribution in [2.75, 3.05) is 0 Å². The van der Waals surface area contributed by atoms with Gasteiger partial charge in [-0.15, -0.1) is 0 Å². The molecule has 0 amide bonds. The zero-order valence-corrected chi connectivity index (χ0v) is 20.3. The lowest BCUT2D eigenvalue weighted by Crippen LogP contribution is -2.46. The monoisotopic (exact) mass is 464 g/mol. The normalized spacial score (nSPS) is 13.9. The van der Waals surface area contributed by atoms with Crippen LogP contribution in [0.4, 0.5) is 0 Å². The molecule has 0 spiro atoms. The Balaban J connectivity index is 1.58. The van der Waals surface area contributed by atoms with Crippen molar-refractivity contribution >= 4 is 0 Å². The molecule has 0 saturated carbocycles. The lowest BCUT2D eigenvalue weighted by Gasteiger charge is -2.36. The van der Waals surface area contributed by atoms with Crippen molar-refractivity contribution in [3.63, 3.8) is 0 Å². The fourth-order valence-corrected chi connectivity index (χ4v) is 4.76.